The largest absolute Gasteiger partial charge is 0.454 e. The van der Waals surface area contributed by atoms with Crippen molar-refractivity contribution in [1.82, 2.24) is 10.2 Å². The number of nitrogens with one attached hydrogen (secondary N) is 1. The zero-order valence-electron chi connectivity index (χ0n) is 22.0. The van der Waals surface area contributed by atoms with Gasteiger partial charge in [0.1, 0.15) is 12.6 Å². The number of amides is 2. The number of sulfonamides is 1. The Morgan fingerprint density at radius 3 is 2.30 bits per heavy atom. The van der Waals surface area contributed by atoms with Crippen LogP contribution < -0.4 is 19.1 Å². The molecule has 1 aliphatic heterocycles. The van der Waals surface area contributed by atoms with E-state index in [2.05, 4.69) is 5.32 Å². The minimum atomic E-state index is -3.92. The molecule has 0 unspecified atom stereocenters. The van der Waals surface area contributed by atoms with Crippen molar-refractivity contribution >= 4 is 50.7 Å². The molecular formula is C28H29Cl2N3O6S. The number of hydrogen-bond acceptors (Lipinski definition) is 6. The number of ether oxygens (including phenoxy) is 2. The van der Waals surface area contributed by atoms with Gasteiger partial charge < -0.3 is 19.7 Å². The summed E-state index contributed by atoms with van der Waals surface area (Å²) < 4.78 is 38.3. The van der Waals surface area contributed by atoms with Crippen LogP contribution in [0.4, 0.5) is 5.69 Å². The molecule has 9 nitrogen and oxygen atoms in total. The first-order valence-corrected chi connectivity index (χ1v) is 14.9. The van der Waals surface area contributed by atoms with Crippen molar-refractivity contribution in [2.24, 2.45) is 0 Å². The number of benzene rings is 3. The lowest BCUT2D eigenvalue weighted by Gasteiger charge is -2.34. The van der Waals surface area contributed by atoms with Crippen molar-refractivity contribution in [3.05, 3.63) is 87.9 Å². The Hall–Kier alpha value is -3.47. The molecule has 3 aromatic carbocycles. The Bertz CT molecular complexity index is 1470. The summed E-state index contributed by atoms with van der Waals surface area (Å²) in [5.74, 6) is -0.452. The highest BCUT2D eigenvalue weighted by atomic mass is 35.5. The maximum Gasteiger partial charge on any atom is 0.244 e. The number of fused-ring (bicyclic) bond motifs is 1. The molecule has 0 spiro atoms. The number of likely N-dealkylation sites (N-methyl/N-ethyl adjacent to an activating group) is 1. The van der Waals surface area contributed by atoms with Crippen molar-refractivity contribution in [3.63, 3.8) is 0 Å². The van der Waals surface area contributed by atoms with Crippen LogP contribution >= 0.6 is 23.2 Å². The topological polar surface area (TPSA) is 105 Å². The molecule has 0 aromatic heterocycles. The summed E-state index contributed by atoms with van der Waals surface area (Å²) in [6, 6.07) is 17.8. The van der Waals surface area contributed by atoms with Crippen LogP contribution in [0.5, 0.6) is 11.5 Å². The van der Waals surface area contributed by atoms with E-state index in [4.69, 9.17) is 32.7 Å². The molecule has 0 aliphatic carbocycles. The maximum absolute atomic E-state index is 14.1. The van der Waals surface area contributed by atoms with E-state index in [9.17, 15) is 18.0 Å². The Labute approximate surface area is 243 Å². The molecule has 40 heavy (non-hydrogen) atoms. The predicted octanol–water partition coefficient (Wildman–Crippen LogP) is 4.26. The summed E-state index contributed by atoms with van der Waals surface area (Å²) in [7, 11) is -2.44. The number of carbonyl (C=O) groups excluding carboxylic acids is 2. The summed E-state index contributed by atoms with van der Waals surface area (Å²) in [5, 5.41) is 3.26. The van der Waals surface area contributed by atoms with Gasteiger partial charge in [-0.2, -0.15) is 0 Å². The van der Waals surface area contributed by atoms with Gasteiger partial charge in [-0.25, -0.2) is 8.42 Å². The van der Waals surface area contributed by atoms with Crippen LogP contribution in [0.3, 0.4) is 0 Å². The number of halogens is 2. The Morgan fingerprint density at radius 2 is 1.65 bits per heavy atom. The third kappa shape index (κ3) is 6.63. The standard InChI is InChI=1S/C28H29Cl2N3O6S/c1-3-40(36,37)33(20-12-13-25-26(15-20)39-18-38-25)17-27(34)32(16-21-22(29)10-7-11-23(21)30)24(28(35)31-2)14-19-8-5-4-6-9-19/h4-13,15,24H,3,14,16-18H2,1-2H3,(H,31,35)/t24-/m1/s1. The molecule has 3 aromatic rings. The summed E-state index contributed by atoms with van der Waals surface area (Å²) in [5.41, 5.74) is 1.48. The number of carbonyl (C=O) groups is 2. The van der Waals surface area contributed by atoms with Crippen molar-refractivity contribution in [1.29, 1.82) is 0 Å². The zero-order valence-corrected chi connectivity index (χ0v) is 24.3. The number of anilines is 1. The van der Waals surface area contributed by atoms with E-state index in [-0.39, 0.29) is 31.2 Å². The molecule has 0 saturated carbocycles. The van der Waals surface area contributed by atoms with Gasteiger partial charge in [-0.3, -0.25) is 13.9 Å². The van der Waals surface area contributed by atoms with Gasteiger partial charge in [0.25, 0.3) is 0 Å². The van der Waals surface area contributed by atoms with Gasteiger partial charge in [0.2, 0.25) is 28.6 Å². The average molecular weight is 607 g/mol. The Morgan fingerprint density at radius 1 is 0.975 bits per heavy atom. The lowest BCUT2D eigenvalue weighted by molar-refractivity contribution is -0.139. The van der Waals surface area contributed by atoms with Gasteiger partial charge in [0, 0.05) is 41.7 Å². The molecule has 0 saturated heterocycles. The van der Waals surface area contributed by atoms with Crippen molar-refractivity contribution in [2.45, 2.75) is 25.9 Å². The smallest absolute Gasteiger partial charge is 0.244 e. The first kappa shape index (κ1) is 29.5. The Kier molecular flexibility index (Phi) is 9.44. The molecule has 0 fully saturated rings. The van der Waals surface area contributed by atoms with Crippen LogP contribution in [-0.2, 0) is 32.6 Å². The van der Waals surface area contributed by atoms with Crippen molar-refractivity contribution in [2.75, 3.05) is 30.4 Å². The second kappa shape index (κ2) is 12.8. The number of rotatable bonds is 11. The lowest BCUT2D eigenvalue weighted by atomic mass is 10.0. The van der Waals surface area contributed by atoms with Crippen LogP contribution in [0.25, 0.3) is 0 Å². The van der Waals surface area contributed by atoms with Crippen LogP contribution in [0.2, 0.25) is 10.0 Å². The van der Waals surface area contributed by atoms with Gasteiger partial charge in [0.15, 0.2) is 11.5 Å². The molecular weight excluding hydrogens is 577 g/mol. The molecule has 0 bridgehead atoms. The molecule has 4 rings (SSSR count). The van der Waals surface area contributed by atoms with Crippen molar-refractivity contribution in [3.8, 4) is 11.5 Å². The third-order valence-electron chi connectivity index (χ3n) is 6.53. The van der Waals surface area contributed by atoms with E-state index in [1.807, 2.05) is 30.3 Å². The first-order valence-electron chi connectivity index (χ1n) is 12.5. The van der Waals surface area contributed by atoms with E-state index in [1.165, 1.54) is 24.9 Å². The molecule has 1 N–H and O–H groups in total. The number of nitrogens with zero attached hydrogens (tertiary/aromatic N) is 2. The third-order valence-corrected chi connectivity index (χ3v) is 8.98. The highest BCUT2D eigenvalue weighted by Gasteiger charge is 2.34. The first-order chi connectivity index (χ1) is 19.1. The molecule has 0 radical (unpaired) electrons. The van der Waals surface area contributed by atoms with Gasteiger partial charge >= 0.3 is 0 Å². The van der Waals surface area contributed by atoms with Gasteiger partial charge in [0.05, 0.1) is 11.4 Å². The summed E-state index contributed by atoms with van der Waals surface area (Å²) in [6.45, 7) is 0.811. The molecule has 2 amide bonds. The molecule has 212 valence electrons. The minimum absolute atomic E-state index is 0.0118. The fourth-order valence-electron chi connectivity index (χ4n) is 4.33. The van der Waals surface area contributed by atoms with Crippen LogP contribution in [-0.4, -0.2) is 57.3 Å². The quantitative estimate of drug-likeness (QED) is 0.350. The van der Waals surface area contributed by atoms with E-state index in [0.29, 0.717) is 27.1 Å². The van der Waals surface area contributed by atoms with E-state index in [0.717, 1.165) is 9.87 Å². The normalized spacial score (nSPS) is 13.0. The van der Waals surface area contributed by atoms with E-state index >= 15 is 0 Å². The second-order valence-corrected chi connectivity index (χ2v) is 12.0. The van der Waals surface area contributed by atoms with Gasteiger partial charge in [-0.05, 0) is 36.8 Å². The molecule has 1 atom stereocenters. The highest BCUT2D eigenvalue weighted by molar-refractivity contribution is 7.92. The number of hydrogen-bond donors (Lipinski definition) is 1. The Balaban J connectivity index is 1.76. The predicted molar refractivity (Wildman–Crippen MR) is 154 cm³/mol. The summed E-state index contributed by atoms with van der Waals surface area (Å²) in [4.78, 5) is 28.6. The maximum atomic E-state index is 14.1. The highest BCUT2D eigenvalue weighted by Crippen LogP contribution is 2.36. The van der Waals surface area contributed by atoms with Gasteiger partial charge in [-0.1, -0.05) is 59.6 Å². The molecule has 1 heterocycles. The SMILES string of the molecule is CCS(=O)(=O)N(CC(=O)N(Cc1c(Cl)cccc1Cl)[C@H](Cc1ccccc1)C(=O)NC)c1ccc2c(c1)OCO2. The minimum Gasteiger partial charge on any atom is -0.454 e. The zero-order chi connectivity index (χ0) is 28.9. The van der Waals surface area contributed by atoms with E-state index in [1.54, 1.807) is 30.3 Å². The van der Waals surface area contributed by atoms with Gasteiger partial charge in [-0.15, -0.1) is 0 Å². The van der Waals surface area contributed by atoms with E-state index < -0.39 is 34.4 Å². The fourth-order valence-corrected chi connectivity index (χ4v) is 5.90. The van der Waals surface area contributed by atoms with Crippen molar-refractivity contribution < 1.29 is 27.5 Å². The monoisotopic (exact) mass is 605 g/mol. The second-order valence-electron chi connectivity index (χ2n) is 8.99. The average Bonchev–Trinajstić information content (AvgIpc) is 3.43. The van der Waals surface area contributed by atoms with Crippen LogP contribution in [0.1, 0.15) is 18.1 Å². The molecule has 1 aliphatic rings. The fraction of sp³-hybridized carbons (Fsp3) is 0.286. The van der Waals surface area contributed by atoms with Crippen LogP contribution in [0, 0.1) is 0 Å². The summed E-state index contributed by atoms with van der Waals surface area (Å²) in [6.07, 6.45) is 0.179. The molecule has 12 heteroatoms. The summed E-state index contributed by atoms with van der Waals surface area (Å²) >= 11 is 12.9. The van der Waals surface area contributed by atoms with Crippen LogP contribution in [0.15, 0.2) is 66.7 Å². The lowest BCUT2D eigenvalue weighted by Crippen LogP contribution is -2.53.